The first-order valence-electron chi connectivity index (χ1n) is 7.89. The highest BCUT2D eigenvalue weighted by atomic mass is 15.3. The molecule has 2 aliphatic heterocycles. The molecule has 0 amide bonds. The molecule has 1 unspecified atom stereocenters. The highest BCUT2D eigenvalue weighted by Gasteiger charge is 2.30. The second-order valence-electron chi connectivity index (χ2n) is 6.34. The summed E-state index contributed by atoms with van der Waals surface area (Å²) in [5.74, 6) is 1.15. The number of rotatable bonds is 4. The van der Waals surface area contributed by atoms with Crippen LogP contribution < -0.4 is 10.2 Å². The van der Waals surface area contributed by atoms with E-state index < -0.39 is 0 Å². The fraction of sp³-hybridized carbons (Fsp3) is 0.688. The predicted molar refractivity (Wildman–Crippen MR) is 83.0 cm³/mol. The first kappa shape index (κ1) is 13.8. The van der Waals surface area contributed by atoms with E-state index in [2.05, 4.69) is 46.1 Å². The minimum atomic E-state index is 0.522. The van der Waals surface area contributed by atoms with Crippen LogP contribution in [0.1, 0.15) is 32.3 Å². The largest absolute Gasteiger partial charge is 0.354 e. The molecule has 110 valence electrons. The van der Waals surface area contributed by atoms with Crippen molar-refractivity contribution in [3.63, 3.8) is 0 Å². The van der Waals surface area contributed by atoms with E-state index in [0.717, 1.165) is 31.5 Å². The van der Waals surface area contributed by atoms with Gasteiger partial charge in [0.15, 0.2) is 0 Å². The molecule has 4 nitrogen and oxygen atoms in total. The molecule has 0 spiro atoms. The van der Waals surface area contributed by atoms with E-state index in [1.165, 1.54) is 31.5 Å². The van der Waals surface area contributed by atoms with Crippen LogP contribution in [0.5, 0.6) is 0 Å². The van der Waals surface area contributed by atoms with E-state index >= 15 is 0 Å². The average molecular weight is 274 g/mol. The third-order valence-electron chi connectivity index (χ3n) is 4.44. The first-order valence-corrected chi connectivity index (χ1v) is 7.89. The molecule has 2 saturated heterocycles. The van der Waals surface area contributed by atoms with Crippen molar-refractivity contribution >= 4 is 5.82 Å². The Morgan fingerprint density at radius 1 is 1.35 bits per heavy atom. The third-order valence-corrected chi connectivity index (χ3v) is 4.44. The lowest BCUT2D eigenvalue weighted by Crippen LogP contribution is -2.50. The van der Waals surface area contributed by atoms with Crippen LogP contribution in [0.25, 0.3) is 0 Å². The maximum absolute atomic E-state index is 4.58. The number of hydrogen-bond acceptors (Lipinski definition) is 4. The Balaban J connectivity index is 1.65. The van der Waals surface area contributed by atoms with Crippen molar-refractivity contribution in [3.05, 3.63) is 23.9 Å². The van der Waals surface area contributed by atoms with Crippen LogP contribution in [-0.2, 0) is 6.54 Å². The lowest BCUT2D eigenvalue weighted by molar-refractivity contribution is 0.230. The van der Waals surface area contributed by atoms with Gasteiger partial charge in [0.2, 0.25) is 0 Å². The van der Waals surface area contributed by atoms with Crippen molar-refractivity contribution in [2.24, 2.45) is 0 Å². The highest BCUT2D eigenvalue weighted by molar-refractivity contribution is 5.42. The first-order chi connectivity index (χ1) is 9.72. The third kappa shape index (κ3) is 3.13. The lowest BCUT2D eigenvalue weighted by atomic mass is 10.1. The van der Waals surface area contributed by atoms with E-state index in [1.54, 1.807) is 0 Å². The summed E-state index contributed by atoms with van der Waals surface area (Å²) in [6.45, 7) is 10.0. The van der Waals surface area contributed by atoms with Gasteiger partial charge in [-0.15, -0.1) is 0 Å². The number of nitrogens with zero attached hydrogens (tertiary/aromatic N) is 3. The van der Waals surface area contributed by atoms with Gasteiger partial charge in [-0.05, 0) is 37.1 Å². The SMILES string of the molecule is CC(C)NCc1ccnc(N2CCN3CCCC3C2)c1. The van der Waals surface area contributed by atoms with Gasteiger partial charge in [0, 0.05) is 44.5 Å². The van der Waals surface area contributed by atoms with Crippen molar-refractivity contribution in [2.45, 2.75) is 45.3 Å². The molecule has 2 fully saturated rings. The lowest BCUT2D eigenvalue weighted by Gasteiger charge is -2.38. The predicted octanol–water partition coefficient (Wildman–Crippen LogP) is 1.86. The number of aromatic nitrogens is 1. The van der Waals surface area contributed by atoms with Gasteiger partial charge in [0.1, 0.15) is 5.82 Å². The zero-order valence-electron chi connectivity index (χ0n) is 12.7. The van der Waals surface area contributed by atoms with E-state index in [-0.39, 0.29) is 0 Å². The average Bonchev–Trinajstić information content (AvgIpc) is 2.93. The van der Waals surface area contributed by atoms with Gasteiger partial charge in [-0.25, -0.2) is 4.98 Å². The fourth-order valence-electron chi connectivity index (χ4n) is 3.26. The Labute approximate surface area is 122 Å². The maximum atomic E-state index is 4.58. The summed E-state index contributed by atoms with van der Waals surface area (Å²) in [4.78, 5) is 9.69. The Morgan fingerprint density at radius 2 is 2.25 bits per heavy atom. The Morgan fingerprint density at radius 3 is 3.10 bits per heavy atom. The monoisotopic (exact) mass is 274 g/mol. The molecule has 2 aliphatic rings. The van der Waals surface area contributed by atoms with Gasteiger partial charge in [-0.2, -0.15) is 0 Å². The molecule has 1 aromatic rings. The van der Waals surface area contributed by atoms with E-state index in [4.69, 9.17) is 0 Å². The summed E-state index contributed by atoms with van der Waals surface area (Å²) in [6.07, 6.45) is 4.67. The quantitative estimate of drug-likeness (QED) is 0.908. The van der Waals surface area contributed by atoms with Gasteiger partial charge in [-0.3, -0.25) is 4.90 Å². The standard InChI is InChI=1S/C16H26N4/c1-13(2)18-11-14-5-6-17-16(10-14)20-9-8-19-7-3-4-15(19)12-20/h5-6,10,13,15,18H,3-4,7-9,11-12H2,1-2H3. The molecule has 0 aromatic carbocycles. The maximum Gasteiger partial charge on any atom is 0.128 e. The molecule has 3 heterocycles. The number of fused-ring (bicyclic) bond motifs is 1. The van der Waals surface area contributed by atoms with Crippen molar-refractivity contribution in [1.82, 2.24) is 15.2 Å². The number of nitrogens with one attached hydrogen (secondary N) is 1. The van der Waals surface area contributed by atoms with Gasteiger partial charge < -0.3 is 10.2 Å². The van der Waals surface area contributed by atoms with Gasteiger partial charge in [0.25, 0.3) is 0 Å². The summed E-state index contributed by atoms with van der Waals surface area (Å²) >= 11 is 0. The number of anilines is 1. The molecule has 0 bridgehead atoms. The van der Waals surface area contributed by atoms with Gasteiger partial charge in [-0.1, -0.05) is 13.8 Å². The van der Waals surface area contributed by atoms with Crippen LogP contribution in [-0.4, -0.2) is 48.1 Å². The minimum Gasteiger partial charge on any atom is -0.354 e. The molecule has 1 aromatic heterocycles. The number of pyridine rings is 1. The van der Waals surface area contributed by atoms with Crippen LogP contribution in [0.4, 0.5) is 5.82 Å². The van der Waals surface area contributed by atoms with E-state index in [0.29, 0.717) is 6.04 Å². The van der Waals surface area contributed by atoms with Crippen LogP contribution in [0.15, 0.2) is 18.3 Å². The van der Waals surface area contributed by atoms with Crippen LogP contribution >= 0.6 is 0 Å². The highest BCUT2D eigenvalue weighted by Crippen LogP contribution is 2.24. The Kier molecular flexibility index (Phi) is 4.22. The van der Waals surface area contributed by atoms with Crippen molar-refractivity contribution in [1.29, 1.82) is 0 Å². The Hall–Kier alpha value is -1.13. The second kappa shape index (κ2) is 6.10. The molecule has 4 heteroatoms. The summed E-state index contributed by atoms with van der Waals surface area (Å²) in [7, 11) is 0. The zero-order valence-corrected chi connectivity index (χ0v) is 12.7. The smallest absolute Gasteiger partial charge is 0.128 e. The molecule has 1 N–H and O–H groups in total. The molecule has 0 aliphatic carbocycles. The van der Waals surface area contributed by atoms with Crippen LogP contribution in [0.2, 0.25) is 0 Å². The number of piperazine rings is 1. The molecule has 0 radical (unpaired) electrons. The topological polar surface area (TPSA) is 31.4 Å². The summed E-state index contributed by atoms with van der Waals surface area (Å²) in [5, 5.41) is 3.47. The van der Waals surface area contributed by atoms with Gasteiger partial charge >= 0.3 is 0 Å². The van der Waals surface area contributed by atoms with Crippen molar-refractivity contribution in [3.8, 4) is 0 Å². The van der Waals surface area contributed by atoms with Crippen LogP contribution in [0.3, 0.4) is 0 Å². The molecular weight excluding hydrogens is 248 g/mol. The molecular formula is C16H26N4. The second-order valence-corrected chi connectivity index (χ2v) is 6.34. The molecule has 1 atom stereocenters. The van der Waals surface area contributed by atoms with Crippen molar-refractivity contribution in [2.75, 3.05) is 31.1 Å². The van der Waals surface area contributed by atoms with Crippen LogP contribution in [0, 0.1) is 0 Å². The fourth-order valence-corrected chi connectivity index (χ4v) is 3.26. The molecule has 3 rings (SSSR count). The minimum absolute atomic E-state index is 0.522. The normalized spacial score (nSPS) is 23.4. The molecule has 20 heavy (non-hydrogen) atoms. The van der Waals surface area contributed by atoms with Crippen molar-refractivity contribution < 1.29 is 0 Å². The zero-order chi connectivity index (χ0) is 13.9. The Bertz CT molecular complexity index is 446. The summed E-state index contributed by atoms with van der Waals surface area (Å²) in [5.41, 5.74) is 1.33. The molecule has 0 saturated carbocycles. The summed E-state index contributed by atoms with van der Waals surface area (Å²) in [6, 6.07) is 5.64. The van der Waals surface area contributed by atoms with E-state index in [1.807, 2.05) is 6.20 Å². The number of hydrogen-bond donors (Lipinski definition) is 1. The summed E-state index contributed by atoms with van der Waals surface area (Å²) < 4.78 is 0. The van der Waals surface area contributed by atoms with E-state index in [9.17, 15) is 0 Å². The van der Waals surface area contributed by atoms with Gasteiger partial charge in [0.05, 0.1) is 0 Å².